The van der Waals surface area contributed by atoms with Crippen LogP contribution < -0.4 is 11.1 Å². The molecule has 2 rings (SSSR count). The van der Waals surface area contributed by atoms with E-state index < -0.39 is 0 Å². The maximum Gasteiger partial charge on any atom is 0.145 e. The Kier molecular flexibility index (Phi) is 3.31. The van der Waals surface area contributed by atoms with Gasteiger partial charge in [-0.25, -0.2) is 4.98 Å². The van der Waals surface area contributed by atoms with Gasteiger partial charge in [-0.2, -0.15) is 0 Å². The Morgan fingerprint density at radius 3 is 2.81 bits per heavy atom. The highest BCUT2D eigenvalue weighted by Gasteiger charge is 2.01. The summed E-state index contributed by atoms with van der Waals surface area (Å²) in [4.78, 5) is 8.80. The highest BCUT2D eigenvalue weighted by molar-refractivity contribution is 5.75. The molecule has 3 N–H and O–H groups in total. The molecule has 0 saturated heterocycles. The van der Waals surface area contributed by atoms with Crippen molar-refractivity contribution in [3.05, 3.63) is 30.5 Å². The van der Waals surface area contributed by atoms with Gasteiger partial charge in [0.2, 0.25) is 0 Å². The Morgan fingerprint density at radius 1 is 1.31 bits per heavy atom. The van der Waals surface area contributed by atoms with Crippen LogP contribution in [-0.2, 0) is 0 Å². The third-order valence-corrected chi connectivity index (χ3v) is 2.48. The van der Waals surface area contributed by atoms with E-state index in [0.29, 0.717) is 12.5 Å². The number of rotatable bonds is 4. The van der Waals surface area contributed by atoms with Crippen molar-refractivity contribution in [2.75, 3.05) is 18.4 Å². The topological polar surface area (TPSA) is 63.8 Å². The van der Waals surface area contributed by atoms with Crippen molar-refractivity contribution in [1.29, 1.82) is 0 Å². The molecule has 0 aliphatic carbocycles. The molecule has 0 saturated carbocycles. The second-order valence-corrected chi connectivity index (χ2v) is 3.97. The van der Waals surface area contributed by atoms with Crippen molar-refractivity contribution in [1.82, 2.24) is 9.97 Å². The number of nitrogens with one attached hydrogen (secondary N) is 1. The Bertz CT molecular complexity index is 469. The number of fused-ring (bicyclic) bond motifs is 1. The lowest BCUT2D eigenvalue weighted by Crippen LogP contribution is -2.20. The summed E-state index contributed by atoms with van der Waals surface area (Å²) >= 11 is 0. The number of benzene rings is 1. The summed E-state index contributed by atoms with van der Waals surface area (Å²) < 4.78 is 0. The number of hydrogen-bond acceptors (Lipinski definition) is 4. The summed E-state index contributed by atoms with van der Waals surface area (Å²) in [6, 6.07) is 7.83. The number of anilines is 1. The van der Waals surface area contributed by atoms with E-state index in [1.165, 1.54) is 0 Å². The van der Waals surface area contributed by atoms with Crippen LogP contribution in [-0.4, -0.2) is 23.1 Å². The summed E-state index contributed by atoms with van der Waals surface area (Å²) in [6.07, 6.45) is 1.76. The molecule has 1 aromatic heterocycles. The average molecular weight is 216 g/mol. The Morgan fingerprint density at radius 2 is 2.06 bits per heavy atom. The molecule has 0 aliphatic rings. The molecule has 16 heavy (non-hydrogen) atoms. The van der Waals surface area contributed by atoms with Gasteiger partial charge < -0.3 is 11.1 Å². The maximum absolute atomic E-state index is 5.55. The summed E-state index contributed by atoms with van der Waals surface area (Å²) in [7, 11) is 0. The molecule has 1 atom stereocenters. The zero-order valence-corrected chi connectivity index (χ0v) is 9.35. The van der Waals surface area contributed by atoms with E-state index in [-0.39, 0.29) is 0 Å². The van der Waals surface area contributed by atoms with Gasteiger partial charge >= 0.3 is 0 Å². The van der Waals surface area contributed by atoms with Gasteiger partial charge in [-0.05, 0) is 24.6 Å². The molecule has 84 valence electrons. The standard InChI is InChI=1S/C12H16N4/c1-9(6-13)7-15-12-8-14-10-4-2-3-5-11(10)16-12/h2-5,8-9H,6-7,13H2,1H3,(H,15,16). The van der Waals surface area contributed by atoms with Crippen molar-refractivity contribution < 1.29 is 0 Å². The van der Waals surface area contributed by atoms with E-state index in [2.05, 4.69) is 22.2 Å². The maximum atomic E-state index is 5.55. The molecule has 4 heteroatoms. The van der Waals surface area contributed by atoms with Crippen molar-refractivity contribution in [3.8, 4) is 0 Å². The predicted molar refractivity (Wildman–Crippen MR) is 66.2 cm³/mol. The molecule has 1 unspecified atom stereocenters. The number of hydrogen-bond donors (Lipinski definition) is 2. The summed E-state index contributed by atoms with van der Waals surface area (Å²) in [5.74, 6) is 1.24. The Balaban J connectivity index is 2.13. The van der Waals surface area contributed by atoms with Crippen LogP contribution in [0.25, 0.3) is 11.0 Å². The van der Waals surface area contributed by atoms with Crippen LogP contribution >= 0.6 is 0 Å². The van der Waals surface area contributed by atoms with Crippen LogP contribution in [0.1, 0.15) is 6.92 Å². The molecule has 0 bridgehead atoms. The summed E-state index contributed by atoms with van der Waals surface area (Å²) in [6.45, 7) is 3.60. The average Bonchev–Trinajstić information content (AvgIpc) is 2.35. The van der Waals surface area contributed by atoms with Gasteiger partial charge in [0.15, 0.2) is 0 Å². The quantitative estimate of drug-likeness (QED) is 0.815. The number of aromatic nitrogens is 2. The Labute approximate surface area is 94.9 Å². The third kappa shape index (κ3) is 2.46. The highest BCUT2D eigenvalue weighted by atomic mass is 15.0. The van der Waals surface area contributed by atoms with Crippen molar-refractivity contribution in [2.45, 2.75) is 6.92 Å². The molecular formula is C12H16N4. The molecule has 0 radical (unpaired) electrons. The van der Waals surface area contributed by atoms with E-state index in [1.54, 1.807) is 6.20 Å². The van der Waals surface area contributed by atoms with Gasteiger partial charge in [0, 0.05) is 6.54 Å². The first-order chi connectivity index (χ1) is 7.79. The summed E-state index contributed by atoms with van der Waals surface area (Å²) in [5, 5.41) is 3.23. The fourth-order valence-corrected chi connectivity index (χ4v) is 1.40. The third-order valence-electron chi connectivity index (χ3n) is 2.48. The molecule has 2 aromatic rings. The second kappa shape index (κ2) is 4.90. The molecule has 0 aliphatic heterocycles. The number of para-hydroxylation sites is 2. The minimum absolute atomic E-state index is 0.438. The van der Waals surface area contributed by atoms with Gasteiger partial charge in [-0.15, -0.1) is 0 Å². The monoisotopic (exact) mass is 216 g/mol. The molecule has 4 nitrogen and oxygen atoms in total. The van der Waals surface area contributed by atoms with Crippen molar-refractivity contribution in [3.63, 3.8) is 0 Å². The SMILES string of the molecule is CC(CN)CNc1cnc2ccccc2n1. The van der Waals surface area contributed by atoms with Crippen molar-refractivity contribution in [2.24, 2.45) is 11.7 Å². The molecule has 0 fully saturated rings. The van der Waals surface area contributed by atoms with E-state index in [1.807, 2.05) is 24.3 Å². The van der Waals surface area contributed by atoms with E-state index in [9.17, 15) is 0 Å². The van der Waals surface area contributed by atoms with Gasteiger partial charge in [-0.1, -0.05) is 19.1 Å². The molecule has 1 aromatic carbocycles. The van der Waals surface area contributed by atoms with Gasteiger partial charge in [0.25, 0.3) is 0 Å². The number of nitrogens with two attached hydrogens (primary N) is 1. The smallest absolute Gasteiger partial charge is 0.145 e. The molecular weight excluding hydrogens is 200 g/mol. The largest absolute Gasteiger partial charge is 0.368 e. The highest BCUT2D eigenvalue weighted by Crippen LogP contribution is 2.11. The van der Waals surface area contributed by atoms with Crippen LogP contribution in [0.5, 0.6) is 0 Å². The van der Waals surface area contributed by atoms with E-state index in [4.69, 9.17) is 5.73 Å². The predicted octanol–water partition coefficient (Wildman–Crippen LogP) is 1.64. The molecule has 0 amide bonds. The zero-order valence-electron chi connectivity index (χ0n) is 9.35. The van der Waals surface area contributed by atoms with Gasteiger partial charge in [0.05, 0.1) is 17.2 Å². The first-order valence-corrected chi connectivity index (χ1v) is 5.45. The molecule has 0 spiro atoms. The van der Waals surface area contributed by atoms with E-state index in [0.717, 1.165) is 23.4 Å². The van der Waals surface area contributed by atoms with Gasteiger partial charge in [-0.3, -0.25) is 4.98 Å². The normalized spacial score (nSPS) is 12.6. The molecule has 1 heterocycles. The lowest BCUT2D eigenvalue weighted by atomic mass is 10.2. The first kappa shape index (κ1) is 10.8. The van der Waals surface area contributed by atoms with Gasteiger partial charge in [0.1, 0.15) is 5.82 Å². The van der Waals surface area contributed by atoms with Crippen LogP contribution in [0, 0.1) is 5.92 Å². The summed E-state index contributed by atoms with van der Waals surface area (Å²) in [5.41, 5.74) is 7.38. The fourth-order valence-electron chi connectivity index (χ4n) is 1.40. The lowest BCUT2D eigenvalue weighted by molar-refractivity contribution is 0.627. The van der Waals surface area contributed by atoms with E-state index >= 15 is 0 Å². The van der Waals surface area contributed by atoms with Crippen LogP contribution in [0.15, 0.2) is 30.5 Å². The van der Waals surface area contributed by atoms with Crippen molar-refractivity contribution >= 4 is 16.9 Å². The zero-order chi connectivity index (χ0) is 11.4. The fraction of sp³-hybridized carbons (Fsp3) is 0.333. The second-order valence-electron chi connectivity index (χ2n) is 3.97. The van der Waals surface area contributed by atoms with Crippen LogP contribution in [0.3, 0.4) is 0 Å². The minimum atomic E-state index is 0.438. The first-order valence-electron chi connectivity index (χ1n) is 5.45. The van der Waals surface area contributed by atoms with Crippen LogP contribution in [0.4, 0.5) is 5.82 Å². The Hall–Kier alpha value is -1.68. The lowest BCUT2D eigenvalue weighted by Gasteiger charge is -2.10. The minimum Gasteiger partial charge on any atom is -0.368 e. The van der Waals surface area contributed by atoms with Crippen LogP contribution in [0.2, 0.25) is 0 Å². The number of nitrogens with zero attached hydrogens (tertiary/aromatic N) is 2.